The van der Waals surface area contributed by atoms with Crippen molar-refractivity contribution in [2.45, 2.75) is 38.2 Å². The Morgan fingerprint density at radius 1 is 1.11 bits per heavy atom. The zero-order valence-corrected chi connectivity index (χ0v) is 18.6. The van der Waals surface area contributed by atoms with Crippen molar-refractivity contribution < 1.29 is 31.4 Å². The predicted molar refractivity (Wildman–Crippen MR) is 116 cm³/mol. The first-order chi connectivity index (χ1) is 17.2. The molecule has 3 unspecified atom stereocenters. The number of nitrogens with zero attached hydrogens (tertiary/aromatic N) is 4. The average molecular weight is 506 g/mol. The minimum atomic E-state index is -4.74. The minimum absolute atomic E-state index is 0.0439. The Morgan fingerprint density at radius 3 is 2.64 bits per heavy atom. The number of pyridine rings is 1. The first kappa shape index (κ1) is 22.7. The molecule has 0 radical (unpaired) electrons. The molecule has 3 atom stereocenters. The van der Waals surface area contributed by atoms with E-state index in [2.05, 4.69) is 14.9 Å². The maximum Gasteiger partial charge on any atom is 0.433 e. The van der Waals surface area contributed by atoms with Gasteiger partial charge in [0.15, 0.2) is 17.4 Å². The van der Waals surface area contributed by atoms with Crippen LogP contribution < -0.4 is 20.1 Å². The molecule has 1 aromatic carbocycles. The SMILES string of the molecule is O=c1nc(OCc2cc(F)c(Oc3ccnc(C(F)(F)F)c3)c(F)c2)cc2n1CC1C3CC3CCN21. The number of benzene rings is 1. The van der Waals surface area contributed by atoms with Crippen LogP contribution in [0.1, 0.15) is 24.1 Å². The molecule has 3 aromatic rings. The van der Waals surface area contributed by atoms with Crippen molar-refractivity contribution in [1.29, 1.82) is 0 Å². The van der Waals surface area contributed by atoms with Crippen molar-refractivity contribution in [2.75, 3.05) is 11.4 Å². The number of anilines is 1. The third-order valence-electron chi connectivity index (χ3n) is 6.93. The van der Waals surface area contributed by atoms with Crippen LogP contribution in [0.5, 0.6) is 17.4 Å². The van der Waals surface area contributed by atoms with Gasteiger partial charge in [-0.25, -0.2) is 13.6 Å². The summed E-state index contributed by atoms with van der Waals surface area (Å²) in [6, 6.07) is 5.44. The number of alkyl halides is 3. The second-order valence-electron chi connectivity index (χ2n) is 9.21. The molecule has 2 fully saturated rings. The van der Waals surface area contributed by atoms with Crippen molar-refractivity contribution in [3.05, 3.63) is 69.9 Å². The molecule has 0 N–H and O–H groups in total. The number of aromatic nitrogens is 3. The molecule has 3 aliphatic rings. The maximum absolute atomic E-state index is 14.6. The summed E-state index contributed by atoms with van der Waals surface area (Å²) in [5.41, 5.74) is -1.61. The number of piperidine rings is 1. The van der Waals surface area contributed by atoms with Crippen molar-refractivity contribution in [2.24, 2.45) is 11.8 Å². The van der Waals surface area contributed by atoms with Crippen LogP contribution in [0.3, 0.4) is 0 Å². The Bertz CT molecular complexity index is 1390. The highest BCUT2D eigenvalue weighted by Gasteiger charge is 2.51. The van der Waals surface area contributed by atoms with Crippen LogP contribution >= 0.6 is 0 Å². The van der Waals surface area contributed by atoms with E-state index in [1.165, 1.54) is 6.42 Å². The normalized spacial score (nSPS) is 22.0. The van der Waals surface area contributed by atoms with Gasteiger partial charge in [-0.3, -0.25) is 9.55 Å². The summed E-state index contributed by atoms with van der Waals surface area (Å²) in [4.78, 5) is 21.9. The molecule has 12 heteroatoms. The molecule has 1 saturated heterocycles. The summed E-state index contributed by atoms with van der Waals surface area (Å²) in [5, 5.41) is 0. The zero-order chi connectivity index (χ0) is 25.2. The molecule has 6 rings (SSSR count). The Balaban J connectivity index is 1.18. The van der Waals surface area contributed by atoms with Crippen LogP contribution in [0.4, 0.5) is 27.8 Å². The molecule has 0 spiro atoms. The quantitative estimate of drug-likeness (QED) is 0.474. The molecule has 1 aliphatic carbocycles. The third kappa shape index (κ3) is 4.03. The van der Waals surface area contributed by atoms with Gasteiger partial charge in [0.25, 0.3) is 0 Å². The lowest BCUT2D eigenvalue weighted by molar-refractivity contribution is -0.141. The molecule has 2 aliphatic heterocycles. The van der Waals surface area contributed by atoms with Gasteiger partial charge in [-0.2, -0.15) is 18.2 Å². The summed E-state index contributed by atoms with van der Waals surface area (Å²) in [5.74, 6) is -1.42. The number of hydrogen-bond acceptors (Lipinski definition) is 6. The Kier molecular flexibility index (Phi) is 5.16. The molecule has 0 amide bonds. The fourth-order valence-corrected chi connectivity index (χ4v) is 5.14. The van der Waals surface area contributed by atoms with Gasteiger partial charge in [0, 0.05) is 31.4 Å². The van der Waals surface area contributed by atoms with E-state index in [1.807, 2.05) is 0 Å². The van der Waals surface area contributed by atoms with Gasteiger partial charge in [0.05, 0.1) is 6.04 Å². The average Bonchev–Trinajstić information content (AvgIpc) is 3.53. The van der Waals surface area contributed by atoms with E-state index in [1.54, 1.807) is 10.6 Å². The predicted octanol–water partition coefficient (Wildman–Crippen LogP) is 4.54. The molecule has 1 saturated carbocycles. The van der Waals surface area contributed by atoms with E-state index in [0.29, 0.717) is 18.5 Å². The van der Waals surface area contributed by atoms with Crippen LogP contribution in [0.25, 0.3) is 0 Å². The van der Waals surface area contributed by atoms with Crippen molar-refractivity contribution in [1.82, 2.24) is 14.5 Å². The van der Waals surface area contributed by atoms with Gasteiger partial charge in [-0.15, -0.1) is 0 Å². The van der Waals surface area contributed by atoms with Gasteiger partial charge in [0.2, 0.25) is 5.88 Å². The monoisotopic (exact) mass is 506 g/mol. The van der Waals surface area contributed by atoms with Crippen molar-refractivity contribution in [3.8, 4) is 17.4 Å². The molecule has 2 aromatic heterocycles. The van der Waals surface area contributed by atoms with Crippen LogP contribution in [-0.4, -0.2) is 27.1 Å². The largest absolute Gasteiger partial charge is 0.473 e. The van der Waals surface area contributed by atoms with E-state index >= 15 is 0 Å². The van der Waals surface area contributed by atoms with Gasteiger partial charge in [-0.05, 0) is 48.4 Å². The fourth-order valence-electron chi connectivity index (χ4n) is 5.14. The Hall–Kier alpha value is -3.70. The van der Waals surface area contributed by atoms with Gasteiger partial charge >= 0.3 is 11.9 Å². The molecule has 36 heavy (non-hydrogen) atoms. The van der Waals surface area contributed by atoms with E-state index in [4.69, 9.17) is 9.47 Å². The molecule has 0 bridgehead atoms. The number of halogens is 5. The summed E-state index contributed by atoms with van der Waals surface area (Å²) in [6.07, 6.45) is -1.64. The Labute approximate surface area is 201 Å². The van der Waals surface area contributed by atoms with Gasteiger partial charge in [0.1, 0.15) is 23.9 Å². The summed E-state index contributed by atoms with van der Waals surface area (Å²) in [6.45, 7) is 1.17. The van der Waals surface area contributed by atoms with Crippen LogP contribution in [0, 0.1) is 23.5 Å². The first-order valence-corrected chi connectivity index (χ1v) is 11.4. The molecule has 188 valence electrons. The van der Waals surface area contributed by atoms with Crippen LogP contribution in [-0.2, 0) is 19.3 Å². The number of ether oxygens (including phenoxy) is 2. The highest BCUT2D eigenvalue weighted by atomic mass is 19.4. The number of hydrogen-bond donors (Lipinski definition) is 0. The second kappa shape index (κ2) is 8.17. The lowest BCUT2D eigenvalue weighted by Gasteiger charge is -2.30. The maximum atomic E-state index is 14.6. The number of rotatable bonds is 5. The van der Waals surface area contributed by atoms with Gasteiger partial charge < -0.3 is 14.4 Å². The summed E-state index contributed by atoms with van der Waals surface area (Å²) < 4.78 is 79.9. The lowest BCUT2D eigenvalue weighted by atomic mass is 10.0. The van der Waals surface area contributed by atoms with E-state index in [9.17, 15) is 26.7 Å². The molecular weight excluding hydrogens is 487 g/mol. The lowest BCUT2D eigenvalue weighted by Crippen LogP contribution is -2.38. The van der Waals surface area contributed by atoms with E-state index in [0.717, 1.165) is 49.1 Å². The fraction of sp³-hybridized carbons (Fsp3) is 0.375. The smallest absolute Gasteiger partial charge is 0.433 e. The van der Waals surface area contributed by atoms with E-state index < -0.39 is 40.7 Å². The zero-order valence-electron chi connectivity index (χ0n) is 18.6. The van der Waals surface area contributed by atoms with Crippen LogP contribution in [0.2, 0.25) is 0 Å². The number of fused-ring (bicyclic) bond motifs is 5. The van der Waals surface area contributed by atoms with E-state index in [-0.39, 0.29) is 24.1 Å². The van der Waals surface area contributed by atoms with Crippen molar-refractivity contribution >= 4 is 5.82 Å². The van der Waals surface area contributed by atoms with Crippen LogP contribution in [0.15, 0.2) is 41.3 Å². The van der Waals surface area contributed by atoms with Gasteiger partial charge in [-0.1, -0.05) is 0 Å². The molecular formula is C24H19F5N4O3. The van der Waals surface area contributed by atoms with Crippen molar-refractivity contribution in [3.63, 3.8) is 0 Å². The molecule has 4 heterocycles. The molecule has 7 nitrogen and oxygen atoms in total. The summed E-state index contributed by atoms with van der Waals surface area (Å²) in [7, 11) is 0. The highest BCUT2D eigenvalue weighted by Crippen LogP contribution is 2.52. The first-order valence-electron chi connectivity index (χ1n) is 11.4. The summed E-state index contributed by atoms with van der Waals surface area (Å²) >= 11 is 0. The third-order valence-corrected chi connectivity index (χ3v) is 6.93. The standard InChI is InChI=1S/C24H19F5N4O3/c25-16-5-12(6-17(26)22(16)36-14-1-3-30-19(8-14)24(27,28)29)11-35-20-9-21-32-4-2-13-7-15(13)18(32)10-33(21)23(34)31-20/h1,3,5-6,8-9,13,15,18H,2,4,7,10-11H2. The minimum Gasteiger partial charge on any atom is -0.473 e. The highest BCUT2D eigenvalue weighted by molar-refractivity contribution is 5.49. The second-order valence-corrected chi connectivity index (χ2v) is 9.21. The Morgan fingerprint density at radius 2 is 1.89 bits per heavy atom. The topological polar surface area (TPSA) is 69.5 Å².